The Morgan fingerprint density at radius 3 is 2.24 bits per heavy atom. The van der Waals surface area contributed by atoms with Gasteiger partial charge in [0.15, 0.2) is 0 Å². The van der Waals surface area contributed by atoms with Gasteiger partial charge in [-0.1, -0.05) is 51.4 Å². The van der Waals surface area contributed by atoms with Gasteiger partial charge >= 0.3 is 5.97 Å². The Hall–Kier alpha value is -1.32. The van der Waals surface area contributed by atoms with Crippen molar-refractivity contribution in [1.82, 2.24) is 9.55 Å². The Morgan fingerprint density at radius 2 is 1.67 bits per heavy atom. The second-order valence-electron chi connectivity index (χ2n) is 6.27. The van der Waals surface area contributed by atoms with Gasteiger partial charge in [-0.25, -0.2) is 4.98 Å². The van der Waals surface area contributed by atoms with Gasteiger partial charge in [-0.2, -0.15) is 0 Å². The number of carboxylic acids is 1. The monoisotopic (exact) mass is 292 g/mol. The average molecular weight is 292 g/mol. The Morgan fingerprint density at radius 1 is 1.10 bits per heavy atom. The van der Waals surface area contributed by atoms with Gasteiger partial charge in [0.2, 0.25) is 0 Å². The molecule has 0 aromatic carbocycles. The number of nitrogens with zero attached hydrogens (tertiary/aromatic N) is 2. The normalized spacial score (nSPS) is 19.0. The summed E-state index contributed by atoms with van der Waals surface area (Å²) in [5.41, 5.74) is 0.909. The van der Waals surface area contributed by atoms with Crippen molar-refractivity contribution in [2.75, 3.05) is 0 Å². The summed E-state index contributed by atoms with van der Waals surface area (Å²) in [7, 11) is 0. The van der Waals surface area contributed by atoms with Gasteiger partial charge < -0.3 is 9.67 Å². The van der Waals surface area contributed by atoms with E-state index in [1.54, 1.807) is 0 Å². The molecule has 1 fully saturated rings. The van der Waals surface area contributed by atoms with Crippen LogP contribution in [0.15, 0.2) is 12.5 Å². The topological polar surface area (TPSA) is 55.1 Å². The van der Waals surface area contributed by atoms with Crippen LogP contribution in [0.3, 0.4) is 0 Å². The molecule has 1 saturated carbocycles. The van der Waals surface area contributed by atoms with Crippen LogP contribution in [0.2, 0.25) is 0 Å². The van der Waals surface area contributed by atoms with Crippen molar-refractivity contribution >= 4 is 5.97 Å². The van der Waals surface area contributed by atoms with Crippen LogP contribution in [0.4, 0.5) is 0 Å². The highest BCUT2D eigenvalue weighted by Crippen LogP contribution is 2.25. The minimum Gasteiger partial charge on any atom is -0.481 e. The zero-order chi connectivity index (χ0) is 14.9. The molecule has 1 aromatic rings. The number of carboxylic acid groups (broad SMARTS) is 1. The third-order valence-electron chi connectivity index (χ3n) is 4.50. The molecule has 0 radical (unpaired) electrons. The highest BCUT2D eigenvalue weighted by molar-refractivity contribution is 5.66. The number of rotatable bonds is 4. The highest BCUT2D eigenvalue weighted by Gasteiger charge is 2.13. The van der Waals surface area contributed by atoms with Crippen molar-refractivity contribution in [3.05, 3.63) is 18.2 Å². The summed E-state index contributed by atoms with van der Waals surface area (Å²) in [5.74, 6) is -0.750. The Balaban J connectivity index is 1.91. The van der Waals surface area contributed by atoms with Crippen LogP contribution in [0.25, 0.3) is 0 Å². The first kappa shape index (κ1) is 16.1. The SMILES string of the molecule is O=C(O)CCc1cn(C2CCCCCCCCCC2)cn1. The van der Waals surface area contributed by atoms with Gasteiger partial charge in [-0.05, 0) is 12.8 Å². The molecule has 4 heteroatoms. The minimum atomic E-state index is -0.750. The van der Waals surface area contributed by atoms with Crippen LogP contribution in [0.5, 0.6) is 0 Å². The fourth-order valence-corrected chi connectivity index (χ4v) is 3.21. The molecule has 1 aliphatic carbocycles. The molecule has 118 valence electrons. The molecule has 0 aliphatic heterocycles. The van der Waals surface area contributed by atoms with E-state index < -0.39 is 5.97 Å². The van der Waals surface area contributed by atoms with Crippen LogP contribution in [-0.4, -0.2) is 20.6 Å². The number of hydrogen-bond donors (Lipinski definition) is 1. The van der Waals surface area contributed by atoms with Crippen LogP contribution in [-0.2, 0) is 11.2 Å². The van der Waals surface area contributed by atoms with Gasteiger partial charge in [0, 0.05) is 18.7 Å². The second kappa shape index (κ2) is 8.85. The first-order valence-corrected chi connectivity index (χ1v) is 8.50. The predicted octanol–water partition coefficient (Wildman–Crippen LogP) is 4.36. The van der Waals surface area contributed by atoms with Crippen molar-refractivity contribution in [3.63, 3.8) is 0 Å². The molecular formula is C17H28N2O2. The Bertz CT molecular complexity index is 416. The lowest BCUT2D eigenvalue weighted by atomic mass is 10.0. The lowest BCUT2D eigenvalue weighted by molar-refractivity contribution is -0.136. The van der Waals surface area contributed by atoms with E-state index in [9.17, 15) is 4.79 Å². The summed E-state index contributed by atoms with van der Waals surface area (Å²) < 4.78 is 2.23. The number of aryl methyl sites for hydroxylation is 1. The summed E-state index contributed by atoms with van der Waals surface area (Å²) in [5, 5.41) is 8.75. The van der Waals surface area contributed by atoms with Crippen LogP contribution < -0.4 is 0 Å². The number of imidazole rings is 1. The van der Waals surface area contributed by atoms with E-state index in [4.69, 9.17) is 5.11 Å². The fraction of sp³-hybridized carbons (Fsp3) is 0.765. The molecule has 4 nitrogen and oxygen atoms in total. The predicted molar refractivity (Wildman–Crippen MR) is 83.4 cm³/mol. The van der Waals surface area contributed by atoms with Gasteiger partial charge in [-0.15, -0.1) is 0 Å². The smallest absolute Gasteiger partial charge is 0.303 e. The molecule has 0 spiro atoms. The van der Waals surface area contributed by atoms with Crippen LogP contribution in [0.1, 0.15) is 82.4 Å². The first-order valence-electron chi connectivity index (χ1n) is 8.50. The van der Waals surface area contributed by atoms with E-state index in [2.05, 4.69) is 15.7 Å². The molecule has 1 heterocycles. The third-order valence-corrected chi connectivity index (χ3v) is 4.50. The van der Waals surface area contributed by atoms with E-state index in [0.29, 0.717) is 12.5 Å². The lowest BCUT2D eigenvalue weighted by Crippen LogP contribution is -2.07. The standard InChI is InChI=1S/C17H28N2O2/c20-17(21)12-11-15-13-19(14-18-15)16-9-7-5-3-1-2-4-6-8-10-16/h13-14,16H,1-12H2,(H,20,21). The largest absolute Gasteiger partial charge is 0.481 e. The summed E-state index contributed by atoms with van der Waals surface area (Å²) >= 11 is 0. The highest BCUT2D eigenvalue weighted by atomic mass is 16.4. The molecule has 21 heavy (non-hydrogen) atoms. The third kappa shape index (κ3) is 5.90. The van der Waals surface area contributed by atoms with Gasteiger partial charge in [0.05, 0.1) is 18.4 Å². The van der Waals surface area contributed by atoms with Crippen molar-refractivity contribution in [1.29, 1.82) is 0 Å². The molecule has 0 amide bonds. The zero-order valence-corrected chi connectivity index (χ0v) is 13.0. The average Bonchev–Trinajstić information content (AvgIpc) is 2.90. The molecule has 2 rings (SSSR count). The maximum Gasteiger partial charge on any atom is 0.303 e. The molecule has 1 aromatic heterocycles. The molecule has 1 N–H and O–H groups in total. The maximum absolute atomic E-state index is 10.6. The molecule has 0 unspecified atom stereocenters. The first-order chi connectivity index (χ1) is 10.3. The van der Waals surface area contributed by atoms with Gasteiger partial charge in [0.25, 0.3) is 0 Å². The fourth-order valence-electron chi connectivity index (χ4n) is 3.21. The number of carbonyl (C=O) groups is 1. The quantitative estimate of drug-likeness (QED) is 0.897. The van der Waals surface area contributed by atoms with E-state index >= 15 is 0 Å². The van der Waals surface area contributed by atoms with E-state index in [0.717, 1.165) is 5.69 Å². The van der Waals surface area contributed by atoms with Crippen molar-refractivity contribution in [2.24, 2.45) is 0 Å². The summed E-state index contributed by atoms with van der Waals surface area (Å²) in [6.45, 7) is 0. The summed E-state index contributed by atoms with van der Waals surface area (Å²) in [6, 6.07) is 0.550. The van der Waals surface area contributed by atoms with E-state index in [1.807, 2.05) is 6.33 Å². The van der Waals surface area contributed by atoms with Gasteiger partial charge in [-0.3, -0.25) is 4.79 Å². The van der Waals surface area contributed by atoms with Crippen molar-refractivity contribution in [2.45, 2.75) is 83.1 Å². The van der Waals surface area contributed by atoms with Crippen LogP contribution >= 0.6 is 0 Å². The minimum absolute atomic E-state index is 0.168. The number of hydrogen-bond acceptors (Lipinski definition) is 2. The van der Waals surface area contributed by atoms with Gasteiger partial charge in [0.1, 0.15) is 0 Å². The Kier molecular flexibility index (Phi) is 6.77. The summed E-state index contributed by atoms with van der Waals surface area (Å²) in [4.78, 5) is 15.0. The number of aromatic nitrogens is 2. The molecule has 0 bridgehead atoms. The lowest BCUT2D eigenvalue weighted by Gasteiger charge is -2.18. The maximum atomic E-state index is 10.6. The van der Waals surface area contributed by atoms with E-state index in [-0.39, 0.29) is 6.42 Å². The zero-order valence-electron chi connectivity index (χ0n) is 13.0. The molecule has 1 aliphatic rings. The Labute approximate surface area is 127 Å². The van der Waals surface area contributed by atoms with Crippen molar-refractivity contribution < 1.29 is 9.90 Å². The van der Waals surface area contributed by atoms with Crippen molar-refractivity contribution in [3.8, 4) is 0 Å². The molecule has 0 saturated heterocycles. The molecular weight excluding hydrogens is 264 g/mol. The summed E-state index contributed by atoms with van der Waals surface area (Å²) in [6.07, 6.45) is 18.0. The van der Waals surface area contributed by atoms with E-state index in [1.165, 1.54) is 64.2 Å². The second-order valence-corrected chi connectivity index (χ2v) is 6.27. The van der Waals surface area contributed by atoms with Crippen LogP contribution in [0, 0.1) is 0 Å². The number of aliphatic carboxylic acids is 1. The molecule has 0 atom stereocenters.